The monoisotopic (exact) mass is 247 g/mol. The van der Waals surface area contributed by atoms with Crippen LogP contribution < -0.4 is 5.32 Å². The first kappa shape index (κ1) is 13.5. The second-order valence-corrected chi connectivity index (χ2v) is 5.18. The Balaban J connectivity index is 1.81. The summed E-state index contributed by atoms with van der Waals surface area (Å²) in [4.78, 5) is 6.76. The zero-order chi connectivity index (χ0) is 12.6. The van der Waals surface area contributed by atoms with Crippen LogP contribution in [0.4, 0.5) is 0 Å². The van der Waals surface area contributed by atoms with Crippen molar-refractivity contribution in [2.24, 2.45) is 0 Å². The van der Waals surface area contributed by atoms with Gasteiger partial charge < -0.3 is 10.2 Å². The quantitative estimate of drug-likeness (QED) is 0.834. The van der Waals surface area contributed by atoms with Crippen LogP contribution in [-0.4, -0.2) is 42.6 Å². The number of rotatable bonds is 6. The van der Waals surface area contributed by atoms with Gasteiger partial charge in [-0.3, -0.25) is 4.98 Å². The van der Waals surface area contributed by atoms with Crippen LogP contribution in [0.15, 0.2) is 24.5 Å². The molecule has 3 nitrogen and oxygen atoms in total. The summed E-state index contributed by atoms with van der Waals surface area (Å²) in [5.74, 6) is 0. The topological polar surface area (TPSA) is 28.2 Å². The minimum Gasteiger partial charge on any atom is -0.320 e. The second-order valence-electron chi connectivity index (χ2n) is 5.18. The first-order valence-electron chi connectivity index (χ1n) is 7.17. The van der Waals surface area contributed by atoms with Crippen molar-refractivity contribution in [3.05, 3.63) is 30.1 Å². The summed E-state index contributed by atoms with van der Waals surface area (Å²) in [6.07, 6.45) is 10.4. The largest absolute Gasteiger partial charge is 0.320 e. The van der Waals surface area contributed by atoms with Crippen LogP contribution in [0.3, 0.4) is 0 Å². The summed E-state index contributed by atoms with van der Waals surface area (Å²) in [6.45, 7) is 3.61. The lowest BCUT2D eigenvalue weighted by Gasteiger charge is -2.35. The molecule has 1 aromatic heterocycles. The Morgan fingerprint density at radius 2 is 2.17 bits per heavy atom. The first-order valence-corrected chi connectivity index (χ1v) is 7.17. The van der Waals surface area contributed by atoms with E-state index in [1.54, 1.807) is 0 Å². The highest BCUT2D eigenvalue weighted by molar-refractivity contribution is 5.10. The van der Waals surface area contributed by atoms with Crippen LogP contribution in [0, 0.1) is 0 Å². The zero-order valence-electron chi connectivity index (χ0n) is 11.4. The predicted octanol–water partition coefficient (Wildman–Crippen LogP) is 2.09. The third-order valence-corrected chi connectivity index (χ3v) is 3.91. The molecule has 1 aliphatic heterocycles. The number of nitrogens with one attached hydrogen (secondary N) is 1. The molecule has 1 atom stereocenters. The molecule has 0 aliphatic carbocycles. The Morgan fingerprint density at radius 3 is 2.94 bits per heavy atom. The van der Waals surface area contributed by atoms with Crippen molar-refractivity contribution in [2.45, 2.75) is 38.1 Å². The highest BCUT2D eigenvalue weighted by Crippen LogP contribution is 2.19. The van der Waals surface area contributed by atoms with Gasteiger partial charge in [0.1, 0.15) is 0 Å². The zero-order valence-corrected chi connectivity index (χ0v) is 11.4. The van der Waals surface area contributed by atoms with Crippen molar-refractivity contribution in [1.82, 2.24) is 15.2 Å². The highest BCUT2D eigenvalue weighted by Gasteiger charge is 2.21. The van der Waals surface area contributed by atoms with Gasteiger partial charge in [0, 0.05) is 25.0 Å². The third-order valence-electron chi connectivity index (χ3n) is 3.91. The van der Waals surface area contributed by atoms with Crippen LogP contribution in [0.2, 0.25) is 0 Å². The van der Waals surface area contributed by atoms with Gasteiger partial charge in [-0.2, -0.15) is 0 Å². The van der Waals surface area contributed by atoms with Crippen LogP contribution in [0.25, 0.3) is 0 Å². The van der Waals surface area contributed by atoms with Gasteiger partial charge in [-0.25, -0.2) is 0 Å². The van der Waals surface area contributed by atoms with Crippen LogP contribution >= 0.6 is 0 Å². The molecule has 0 saturated carbocycles. The molecule has 1 N–H and O–H groups in total. The molecule has 2 heterocycles. The first-order chi connectivity index (χ1) is 8.90. The third kappa shape index (κ3) is 4.07. The van der Waals surface area contributed by atoms with E-state index < -0.39 is 0 Å². The summed E-state index contributed by atoms with van der Waals surface area (Å²) in [5.41, 5.74) is 1.41. The van der Waals surface area contributed by atoms with E-state index in [0.29, 0.717) is 0 Å². The number of likely N-dealkylation sites (tertiary alicyclic amines) is 1. The standard InChI is InChI=1S/C15H25N3/c1-16-9-7-15-4-2-3-12-18(15)13-8-14-5-10-17-11-6-14/h5-6,10-11,15-16H,2-4,7-9,12-13H2,1H3. The number of pyridine rings is 1. The molecule has 100 valence electrons. The number of hydrogen-bond acceptors (Lipinski definition) is 3. The molecule has 1 saturated heterocycles. The summed E-state index contributed by atoms with van der Waals surface area (Å²) < 4.78 is 0. The van der Waals surface area contributed by atoms with Gasteiger partial charge in [0.05, 0.1) is 0 Å². The number of piperidine rings is 1. The molecular weight excluding hydrogens is 222 g/mol. The maximum Gasteiger partial charge on any atom is 0.0270 e. The molecule has 18 heavy (non-hydrogen) atoms. The molecule has 0 aromatic carbocycles. The average molecular weight is 247 g/mol. The van der Waals surface area contributed by atoms with Gasteiger partial charge in [0.2, 0.25) is 0 Å². The van der Waals surface area contributed by atoms with Crippen LogP contribution in [0.1, 0.15) is 31.2 Å². The van der Waals surface area contributed by atoms with Gasteiger partial charge in [-0.1, -0.05) is 6.42 Å². The Labute approximate surface area is 111 Å². The van der Waals surface area contributed by atoms with Gasteiger partial charge in [0.15, 0.2) is 0 Å². The van der Waals surface area contributed by atoms with Crippen molar-refractivity contribution in [3.63, 3.8) is 0 Å². The molecule has 1 aliphatic rings. The van der Waals surface area contributed by atoms with Crippen LogP contribution in [-0.2, 0) is 6.42 Å². The van der Waals surface area contributed by atoms with Crippen LogP contribution in [0.5, 0.6) is 0 Å². The fraction of sp³-hybridized carbons (Fsp3) is 0.667. The van der Waals surface area contributed by atoms with Crippen molar-refractivity contribution in [2.75, 3.05) is 26.7 Å². The molecule has 0 bridgehead atoms. The summed E-state index contributed by atoms with van der Waals surface area (Å²) in [6, 6.07) is 5.05. The van der Waals surface area contributed by atoms with Crippen molar-refractivity contribution < 1.29 is 0 Å². The van der Waals surface area contributed by atoms with E-state index in [9.17, 15) is 0 Å². The van der Waals surface area contributed by atoms with Gasteiger partial charge >= 0.3 is 0 Å². The second kappa shape index (κ2) is 7.49. The molecule has 2 rings (SSSR count). The number of hydrogen-bond donors (Lipinski definition) is 1. The van der Waals surface area contributed by atoms with Gasteiger partial charge in [-0.15, -0.1) is 0 Å². The number of aromatic nitrogens is 1. The normalized spacial score (nSPS) is 21.1. The summed E-state index contributed by atoms with van der Waals surface area (Å²) >= 11 is 0. The maximum absolute atomic E-state index is 4.07. The fourth-order valence-corrected chi connectivity index (χ4v) is 2.81. The Bertz CT molecular complexity index is 326. The van der Waals surface area contributed by atoms with E-state index in [-0.39, 0.29) is 0 Å². The SMILES string of the molecule is CNCCC1CCCCN1CCc1ccncc1. The van der Waals surface area contributed by atoms with E-state index >= 15 is 0 Å². The summed E-state index contributed by atoms with van der Waals surface area (Å²) in [7, 11) is 2.05. The van der Waals surface area contributed by atoms with E-state index in [2.05, 4.69) is 27.3 Å². The van der Waals surface area contributed by atoms with Crippen molar-refractivity contribution >= 4 is 0 Å². The van der Waals surface area contributed by atoms with E-state index in [1.807, 2.05) is 19.4 Å². The van der Waals surface area contributed by atoms with Crippen molar-refractivity contribution in [3.8, 4) is 0 Å². The van der Waals surface area contributed by atoms with E-state index in [0.717, 1.165) is 19.0 Å². The maximum atomic E-state index is 4.07. The smallest absolute Gasteiger partial charge is 0.0270 e. The lowest BCUT2D eigenvalue weighted by molar-refractivity contribution is 0.142. The molecule has 3 heteroatoms. The molecule has 0 amide bonds. The molecular formula is C15H25N3. The van der Waals surface area contributed by atoms with E-state index in [4.69, 9.17) is 0 Å². The highest BCUT2D eigenvalue weighted by atomic mass is 15.2. The van der Waals surface area contributed by atoms with E-state index in [1.165, 1.54) is 44.3 Å². The molecule has 0 radical (unpaired) electrons. The molecule has 1 fully saturated rings. The lowest BCUT2D eigenvalue weighted by atomic mass is 9.98. The fourth-order valence-electron chi connectivity index (χ4n) is 2.81. The lowest BCUT2D eigenvalue weighted by Crippen LogP contribution is -2.42. The van der Waals surface area contributed by atoms with Gasteiger partial charge in [-0.05, 0) is 63.5 Å². The predicted molar refractivity (Wildman–Crippen MR) is 75.7 cm³/mol. The summed E-state index contributed by atoms with van der Waals surface area (Å²) in [5, 5.41) is 3.27. The minimum atomic E-state index is 0.785. The number of nitrogens with zero attached hydrogens (tertiary/aromatic N) is 2. The molecule has 1 unspecified atom stereocenters. The van der Waals surface area contributed by atoms with Gasteiger partial charge in [0.25, 0.3) is 0 Å². The Kier molecular flexibility index (Phi) is 5.62. The average Bonchev–Trinajstić information content (AvgIpc) is 2.45. The molecule has 1 aromatic rings. The Hall–Kier alpha value is -0.930. The Morgan fingerprint density at radius 1 is 1.33 bits per heavy atom. The molecule has 0 spiro atoms. The minimum absolute atomic E-state index is 0.785. The van der Waals surface area contributed by atoms with Crippen molar-refractivity contribution in [1.29, 1.82) is 0 Å².